The van der Waals surface area contributed by atoms with Crippen molar-refractivity contribution in [2.24, 2.45) is 0 Å². The lowest BCUT2D eigenvalue weighted by molar-refractivity contribution is 0.236. The maximum atomic E-state index is 11.7. The molecule has 0 fully saturated rings. The molecule has 1 aromatic heterocycles. The average molecular weight is 312 g/mol. The van der Waals surface area contributed by atoms with Gasteiger partial charge in [-0.1, -0.05) is 0 Å². The number of hydrogen-bond acceptors (Lipinski definition) is 6. The van der Waals surface area contributed by atoms with Crippen LogP contribution in [0.2, 0.25) is 0 Å². The summed E-state index contributed by atoms with van der Waals surface area (Å²) in [5.41, 5.74) is 0. The van der Waals surface area contributed by atoms with Crippen LogP contribution >= 0.6 is 0 Å². The van der Waals surface area contributed by atoms with E-state index in [0.717, 1.165) is 6.26 Å². The molecule has 1 heterocycles. The zero-order chi connectivity index (χ0) is 14.5. The van der Waals surface area contributed by atoms with E-state index in [1.54, 1.807) is 0 Å². The van der Waals surface area contributed by atoms with Crippen LogP contribution in [-0.2, 0) is 26.7 Å². The van der Waals surface area contributed by atoms with Crippen LogP contribution in [0.15, 0.2) is 21.6 Å². The van der Waals surface area contributed by atoms with E-state index in [1.807, 2.05) is 0 Å². The van der Waals surface area contributed by atoms with E-state index in [0.29, 0.717) is 6.42 Å². The van der Waals surface area contributed by atoms with E-state index in [2.05, 4.69) is 9.44 Å². The summed E-state index contributed by atoms with van der Waals surface area (Å²) in [5.74, 6) is 0.152. The first kappa shape index (κ1) is 16.1. The molecule has 1 aromatic rings. The van der Waals surface area contributed by atoms with Gasteiger partial charge in [-0.15, -0.1) is 0 Å². The van der Waals surface area contributed by atoms with Gasteiger partial charge in [-0.3, -0.25) is 0 Å². The minimum absolute atomic E-state index is 0.0695. The second-order valence-corrected chi connectivity index (χ2v) is 7.33. The molecule has 0 radical (unpaired) electrons. The molecule has 10 heteroatoms. The first-order valence-electron chi connectivity index (χ1n) is 5.38. The Morgan fingerprint density at radius 2 is 1.79 bits per heavy atom. The molecular weight excluding hydrogens is 296 g/mol. The summed E-state index contributed by atoms with van der Waals surface area (Å²) < 4.78 is 54.3. The molecule has 0 bridgehead atoms. The summed E-state index contributed by atoms with van der Waals surface area (Å²) >= 11 is 0. The lowest BCUT2D eigenvalue weighted by Crippen LogP contribution is -2.29. The van der Waals surface area contributed by atoms with Crippen LogP contribution in [-0.4, -0.2) is 41.3 Å². The number of sulfonamides is 2. The molecule has 0 amide bonds. The SMILES string of the molecule is CS(=O)(=O)NCCCNS(=O)(=O)c1ccc(CO)o1. The molecule has 0 spiro atoms. The largest absolute Gasteiger partial charge is 0.446 e. The molecule has 0 saturated carbocycles. The van der Waals surface area contributed by atoms with Crippen LogP contribution in [0.4, 0.5) is 0 Å². The highest BCUT2D eigenvalue weighted by atomic mass is 32.2. The smallest absolute Gasteiger partial charge is 0.273 e. The predicted molar refractivity (Wildman–Crippen MR) is 67.3 cm³/mol. The molecule has 3 N–H and O–H groups in total. The van der Waals surface area contributed by atoms with Crippen molar-refractivity contribution in [2.75, 3.05) is 19.3 Å². The zero-order valence-electron chi connectivity index (χ0n) is 10.3. The molecule has 0 aliphatic heterocycles. The molecular formula is C9H16N2O6S2. The topological polar surface area (TPSA) is 126 Å². The Morgan fingerprint density at radius 1 is 1.16 bits per heavy atom. The molecule has 1 rings (SSSR count). The third-order valence-electron chi connectivity index (χ3n) is 2.07. The second-order valence-electron chi connectivity index (χ2n) is 3.80. The van der Waals surface area contributed by atoms with Crippen molar-refractivity contribution in [3.05, 3.63) is 17.9 Å². The fourth-order valence-electron chi connectivity index (χ4n) is 1.21. The molecule has 0 atom stereocenters. The van der Waals surface area contributed by atoms with E-state index in [1.165, 1.54) is 12.1 Å². The van der Waals surface area contributed by atoms with Crippen LogP contribution in [0, 0.1) is 0 Å². The van der Waals surface area contributed by atoms with Crippen LogP contribution in [0.5, 0.6) is 0 Å². The Morgan fingerprint density at radius 3 is 2.32 bits per heavy atom. The lowest BCUT2D eigenvalue weighted by Gasteiger charge is -2.04. The number of nitrogens with one attached hydrogen (secondary N) is 2. The predicted octanol–water partition coefficient (Wildman–Crippen LogP) is -1.01. The van der Waals surface area contributed by atoms with Gasteiger partial charge in [-0.05, 0) is 18.6 Å². The quantitative estimate of drug-likeness (QED) is 0.528. The highest BCUT2D eigenvalue weighted by Crippen LogP contribution is 2.13. The maximum Gasteiger partial charge on any atom is 0.273 e. The second kappa shape index (κ2) is 6.48. The molecule has 0 saturated heterocycles. The summed E-state index contributed by atoms with van der Waals surface area (Å²) in [6, 6.07) is 2.60. The third-order valence-corrected chi connectivity index (χ3v) is 4.13. The number of aliphatic hydroxyl groups is 1. The minimum Gasteiger partial charge on any atom is -0.446 e. The van der Waals surface area contributed by atoms with Gasteiger partial charge >= 0.3 is 0 Å². The summed E-state index contributed by atoms with van der Waals surface area (Å²) in [6.07, 6.45) is 1.33. The standard InChI is InChI=1S/C9H16N2O6S2/c1-18(13,14)10-5-2-6-11-19(15,16)9-4-3-8(7-12)17-9/h3-4,10-12H,2,5-7H2,1H3. The van der Waals surface area contributed by atoms with Gasteiger partial charge in [-0.2, -0.15) is 0 Å². The summed E-state index contributed by atoms with van der Waals surface area (Å²) in [6.45, 7) is -0.171. The normalized spacial score (nSPS) is 12.7. The summed E-state index contributed by atoms with van der Waals surface area (Å²) in [5, 5.41) is 8.48. The molecule has 0 aromatic carbocycles. The van der Waals surface area contributed by atoms with E-state index in [4.69, 9.17) is 9.52 Å². The Balaban J connectivity index is 2.43. The van der Waals surface area contributed by atoms with Crippen LogP contribution in [0.1, 0.15) is 12.2 Å². The van der Waals surface area contributed by atoms with E-state index in [9.17, 15) is 16.8 Å². The van der Waals surface area contributed by atoms with Crippen molar-refractivity contribution in [1.82, 2.24) is 9.44 Å². The first-order chi connectivity index (χ1) is 8.74. The summed E-state index contributed by atoms with van der Waals surface area (Å²) in [7, 11) is -7.04. The molecule has 8 nitrogen and oxygen atoms in total. The van der Waals surface area contributed by atoms with Crippen molar-refractivity contribution >= 4 is 20.0 Å². The van der Waals surface area contributed by atoms with Crippen LogP contribution in [0.25, 0.3) is 0 Å². The average Bonchev–Trinajstić information content (AvgIpc) is 2.76. The molecule has 0 unspecified atom stereocenters. The van der Waals surface area contributed by atoms with Gasteiger partial charge in [0.05, 0.1) is 6.26 Å². The highest BCUT2D eigenvalue weighted by Gasteiger charge is 2.17. The minimum atomic E-state index is -3.77. The van der Waals surface area contributed by atoms with E-state index >= 15 is 0 Å². The Hall–Kier alpha value is -0.940. The van der Waals surface area contributed by atoms with Gasteiger partial charge in [-0.25, -0.2) is 26.3 Å². The van der Waals surface area contributed by atoms with E-state index < -0.39 is 20.0 Å². The van der Waals surface area contributed by atoms with Gasteiger partial charge in [0.25, 0.3) is 10.0 Å². The third kappa shape index (κ3) is 5.70. The molecule has 0 aliphatic rings. The number of furan rings is 1. The Kier molecular flexibility index (Phi) is 5.50. The van der Waals surface area contributed by atoms with Crippen molar-refractivity contribution < 1.29 is 26.4 Å². The fraction of sp³-hybridized carbons (Fsp3) is 0.556. The number of aliphatic hydroxyl groups excluding tert-OH is 1. The monoisotopic (exact) mass is 312 g/mol. The Bertz CT molecular complexity index is 604. The van der Waals surface area contributed by atoms with Crippen LogP contribution in [0.3, 0.4) is 0 Å². The van der Waals surface area contributed by atoms with Gasteiger partial charge in [0.15, 0.2) is 0 Å². The van der Waals surface area contributed by atoms with Crippen molar-refractivity contribution in [1.29, 1.82) is 0 Å². The van der Waals surface area contributed by atoms with Crippen molar-refractivity contribution in [3.8, 4) is 0 Å². The van der Waals surface area contributed by atoms with Crippen molar-refractivity contribution in [2.45, 2.75) is 18.1 Å². The number of hydrogen-bond donors (Lipinski definition) is 3. The van der Waals surface area contributed by atoms with Gasteiger partial charge in [0, 0.05) is 13.1 Å². The number of rotatable bonds is 8. The van der Waals surface area contributed by atoms with Gasteiger partial charge < -0.3 is 9.52 Å². The molecule has 110 valence electrons. The van der Waals surface area contributed by atoms with Gasteiger partial charge in [0.1, 0.15) is 12.4 Å². The van der Waals surface area contributed by atoms with E-state index in [-0.39, 0.29) is 30.5 Å². The zero-order valence-corrected chi connectivity index (χ0v) is 11.9. The lowest BCUT2D eigenvalue weighted by atomic mass is 10.4. The van der Waals surface area contributed by atoms with Crippen molar-refractivity contribution in [3.63, 3.8) is 0 Å². The highest BCUT2D eigenvalue weighted by molar-refractivity contribution is 7.89. The van der Waals surface area contributed by atoms with Crippen LogP contribution < -0.4 is 9.44 Å². The maximum absolute atomic E-state index is 11.7. The fourth-order valence-corrected chi connectivity index (χ4v) is 2.75. The molecule has 19 heavy (non-hydrogen) atoms. The Labute approximate surface area is 111 Å². The van der Waals surface area contributed by atoms with Gasteiger partial charge in [0.2, 0.25) is 15.1 Å². The first-order valence-corrected chi connectivity index (χ1v) is 8.76. The molecule has 0 aliphatic carbocycles. The summed E-state index contributed by atoms with van der Waals surface area (Å²) in [4.78, 5) is 0.